The molecular weight excluding hydrogens is 362 g/mol. The Hall–Kier alpha value is -3.06. The van der Waals surface area contributed by atoms with E-state index in [2.05, 4.69) is 11.6 Å². The number of nitro groups is 1. The zero-order chi connectivity index (χ0) is 19.2. The van der Waals surface area contributed by atoms with Crippen LogP contribution in [0.2, 0.25) is 0 Å². The van der Waals surface area contributed by atoms with E-state index in [-0.39, 0.29) is 11.6 Å². The number of rotatable bonds is 7. The molecule has 138 valence electrons. The number of hydrogen-bond acceptors (Lipinski definition) is 4. The number of allylic oxidation sites excluding steroid dienone is 1. The van der Waals surface area contributed by atoms with Gasteiger partial charge in [-0.15, -0.1) is 6.58 Å². The van der Waals surface area contributed by atoms with Crippen molar-refractivity contribution in [3.05, 3.63) is 81.7 Å². The van der Waals surface area contributed by atoms with Crippen LogP contribution in [0.25, 0.3) is 10.2 Å². The van der Waals surface area contributed by atoms with Crippen LogP contribution < -0.4 is 4.80 Å². The summed E-state index contributed by atoms with van der Waals surface area (Å²) in [7, 11) is 0. The molecule has 0 radical (unpaired) electrons. The van der Waals surface area contributed by atoms with E-state index in [0.29, 0.717) is 17.8 Å². The molecule has 0 fully saturated rings. The molecule has 7 heteroatoms. The highest BCUT2D eigenvalue weighted by Gasteiger charge is 2.12. The molecule has 0 unspecified atom stereocenters. The molecule has 0 bridgehead atoms. The van der Waals surface area contributed by atoms with E-state index in [1.165, 1.54) is 29.0 Å². The number of thiazole rings is 1. The Labute approximate surface area is 160 Å². The van der Waals surface area contributed by atoms with Crippen molar-refractivity contribution in [1.82, 2.24) is 4.57 Å². The maximum absolute atomic E-state index is 12.3. The molecule has 0 spiro atoms. The molecule has 27 heavy (non-hydrogen) atoms. The summed E-state index contributed by atoms with van der Waals surface area (Å²) in [6, 6.07) is 14.7. The molecule has 3 rings (SSSR count). The summed E-state index contributed by atoms with van der Waals surface area (Å²) in [5.41, 5.74) is 2.03. The predicted molar refractivity (Wildman–Crippen MR) is 107 cm³/mol. The normalized spacial score (nSPS) is 11.6. The van der Waals surface area contributed by atoms with E-state index in [1.807, 2.05) is 34.9 Å². The number of aryl methyl sites for hydroxylation is 1. The Kier molecular flexibility index (Phi) is 5.93. The van der Waals surface area contributed by atoms with Gasteiger partial charge in [-0.05, 0) is 24.5 Å². The summed E-state index contributed by atoms with van der Waals surface area (Å²) in [4.78, 5) is 27.6. The molecule has 2 aromatic carbocycles. The molecule has 6 nitrogen and oxygen atoms in total. The number of non-ortho nitro benzene ring substituents is 1. The van der Waals surface area contributed by atoms with Crippen LogP contribution in [0.4, 0.5) is 5.69 Å². The Balaban J connectivity index is 1.82. The van der Waals surface area contributed by atoms with Gasteiger partial charge in [0, 0.05) is 25.1 Å². The summed E-state index contributed by atoms with van der Waals surface area (Å²) in [5.74, 6) is -0.190. The lowest BCUT2D eigenvalue weighted by molar-refractivity contribution is -0.384. The van der Waals surface area contributed by atoms with E-state index in [0.717, 1.165) is 23.1 Å². The van der Waals surface area contributed by atoms with Gasteiger partial charge in [0.05, 0.1) is 15.1 Å². The highest BCUT2D eigenvalue weighted by molar-refractivity contribution is 7.16. The van der Waals surface area contributed by atoms with Gasteiger partial charge >= 0.3 is 0 Å². The lowest BCUT2D eigenvalue weighted by atomic mass is 10.1. The van der Waals surface area contributed by atoms with Gasteiger partial charge < -0.3 is 4.57 Å². The number of aromatic nitrogens is 1. The largest absolute Gasteiger partial charge is 0.312 e. The Morgan fingerprint density at radius 1 is 1.26 bits per heavy atom. The number of nitrogens with zero attached hydrogens (tertiary/aromatic N) is 3. The molecule has 1 heterocycles. The maximum Gasteiger partial charge on any atom is 0.270 e. The van der Waals surface area contributed by atoms with Crippen LogP contribution in [0.1, 0.15) is 18.4 Å². The summed E-state index contributed by atoms with van der Waals surface area (Å²) in [6.07, 6.45) is 3.63. The van der Waals surface area contributed by atoms with Crippen LogP contribution in [0, 0.1) is 10.1 Å². The third-order valence-electron chi connectivity index (χ3n) is 4.11. The van der Waals surface area contributed by atoms with Crippen molar-refractivity contribution in [1.29, 1.82) is 0 Å². The van der Waals surface area contributed by atoms with Crippen molar-refractivity contribution in [2.24, 2.45) is 4.99 Å². The molecular formula is C20H19N3O3S. The van der Waals surface area contributed by atoms with Crippen LogP contribution >= 0.6 is 11.3 Å². The van der Waals surface area contributed by atoms with E-state index >= 15 is 0 Å². The van der Waals surface area contributed by atoms with Gasteiger partial charge in [0.15, 0.2) is 4.80 Å². The van der Waals surface area contributed by atoms with Crippen LogP contribution in [0.15, 0.2) is 66.2 Å². The number of nitro benzene ring substituents is 1. The SMILES string of the molecule is C=CCn1c(=NC(=O)CCCc2ccccc2)sc2cc([N+](=O)[O-])ccc21. The molecule has 0 atom stereocenters. The lowest BCUT2D eigenvalue weighted by Crippen LogP contribution is -2.16. The maximum atomic E-state index is 12.3. The average Bonchev–Trinajstić information content (AvgIpc) is 2.99. The number of amides is 1. The fraction of sp³-hybridized carbons (Fsp3) is 0.200. The number of fused-ring (bicyclic) bond motifs is 1. The number of carbonyl (C=O) groups is 1. The molecule has 0 aliphatic carbocycles. The van der Waals surface area contributed by atoms with Gasteiger partial charge in [-0.25, -0.2) is 0 Å². The quantitative estimate of drug-likeness (QED) is 0.349. The first-order chi connectivity index (χ1) is 13.1. The number of benzene rings is 2. The second-order valence-electron chi connectivity index (χ2n) is 6.04. The molecule has 0 aliphatic rings. The topological polar surface area (TPSA) is 77.5 Å². The monoisotopic (exact) mass is 381 g/mol. The van der Waals surface area contributed by atoms with E-state index in [9.17, 15) is 14.9 Å². The Morgan fingerprint density at radius 2 is 2.04 bits per heavy atom. The third-order valence-corrected chi connectivity index (χ3v) is 5.15. The minimum Gasteiger partial charge on any atom is -0.312 e. The minimum atomic E-state index is -0.428. The number of carbonyl (C=O) groups excluding carboxylic acids is 1. The summed E-state index contributed by atoms with van der Waals surface area (Å²) >= 11 is 1.28. The van der Waals surface area contributed by atoms with Crippen LogP contribution in [-0.2, 0) is 17.8 Å². The zero-order valence-corrected chi connectivity index (χ0v) is 15.5. The zero-order valence-electron chi connectivity index (χ0n) is 14.7. The van der Waals surface area contributed by atoms with Gasteiger partial charge in [0.25, 0.3) is 5.69 Å². The van der Waals surface area contributed by atoms with Gasteiger partial charge in [-0.3, -0.25) is 14.9 Å². The van der Waals surface area contributed by atoms with Crippen molar-refractivity contribution in [3.63, 3.8) is 0 Å². The van der Waals surface area contributed by atoms with Crippen molar-refractivity contribution in [2.75, 3.05) is 0 Å². The van der Waals surface area contributed by atoms with Crippen LogP contribution in [0.5, 0.6) is 0 Å². The molecule has 1 aromatic heterocycles. The van der Waals surface area contributed by atoms with Crippen molar-refractivity contribution < 1.29 is 9.72 Å². The van der Waals surface area contributed by atoms with E-state index < -0.39 is 4.92 Å². The first-order valence-electron chi connectivity index (χ1n) is 8.58. The van der Waals surface area contributed by atoms with E-state index in [1.54, 1.807) is 12.1 Å². The Bertz CT molecular complexity index is 1050. The standard InChI is InChI=1S/C20H19N3O3S/c1-2-13-22-17-12-11-16(23(25)26)14-18(17)27-20(22)21-19(24)10-6-9-15-7-4-3-5-8-15/h2-5,7-8,11-12,14H,1,6,9-10,13H2. The van der Waals surface area contributed by atoms with Gasteiger partial charge in [0.1, 0.15) is 0 Å². The molecule has 3 aromatic rings. The molecule has 0 aliphatic heterocycles. The van der Waals surface area contributed by atoms with Gasteiger partial charge in [-0.2, -0.15) is 4.99 Å². The molecule has 1 amide bonds. The fourth-order valence-corrected chi connectivity index (χ4v) is 3.91. The first-order valence-corrected chi connectivity index (χ1v) is 9.40. The number of hydrogen-bond donors (Lipinski definition) is 0. The third kappa shape index (κ3) is 4.57. The van der Waals surface area contributed by atoms with Crippen LogP contribution in [0.3, 0.4) is 0 Å². The molecule has 0 saturated carbocycles. The first kappa shape index (κ1) is 18.7. The van der Waals surface area contributed by atoms with Crippen molar-refractivity contribution in [3.8, 4) is 0 Å². The van der Waals surface area contributed by atoms with Crippen molar-refractivity contribution >= 4 is 33.1 Å². The van der Waals surface area contributed by atoms with Gasteiger partial charge in [0.2, 0.25) is 5.91 Å². The fourth-order valence-electron chi connectivity index (χ4n) is 2.82. The van der Waals surface area contributed by atoms with Crippen LogP contribution in [-0.4, -0.2) is 15.4 Å². The lowest BCUT2D eigenvalue weighted by Gasteiger charge is -2.01. The highest BCUT2D eigenvalue weighted by atomic mass is 32.1. The summed E-state index contributed by atoms with van der Waals surface area (Å²) < 4.78 is 2.58. The van der Waals surface area contributed by atoms with E-state index in [4.69, 9.17) is 0 Å². The average molecular weight is 381 g/mol. The second-order valence-corrected chi connectivity index (χ2v) is 7.05. The summed E-state index contributed by atoms with van der Waals surface area (Å²) in [6.45, 7) is 4.22. The highest BCUT2D eigenvalue weighted by Crippen LogP contribution is 2.23. The smallest absolute Gasteiger partial charge is 0.270 e. The molecule has 0 N–H and O–H groups in total. The second kappa shape index (κ2) is 8.55. The molecule has 0 saturated heterocycles. The Morgan fingerprint density at radius 3 is 2.74 bits per heavy atom. The summed E-state index contributed by atoms with van der Waals surface area (Å²) in [5, 5.41) is 11.0. The predicted octanol–water partition coefficient (Wildman–Crippen LogP) is 4.25. The van der Waals surface area contributed by atoms with Crippen molar-refractivity contribution in [2.45, 2.75) is 25.8 Å². The van der Waals surface area contributed by atoms with Gasteiger partial charge in [-0.1, -0.05) is 47.7 Å². The minimum absolute atomic E-state index is 0.0234.